The topological polar surface area (TPSA) is 81.6 Å². The van der Waals surface area contributed by atoms with Gasteiger partial charge in [0.25, 0.3) is 5.69 Å². The number of rotatable bonds is 3. The van der Waals surface area contributed by atoms with Gasteiger partial charge in [-0.05, 0) is 18.9 Å². The monoisotopic (exact) mass is 251 g/mol. The molecule has 0 aromatic heterocycles. The van der Waals surface area contributed by atoms with Crippen LogP contribution in [0.4, 0.5) is 17.1 Å². The fourth-order valence-corrected chi connectivity index (χ4v) is 2.25. The second-order valence-corrected chi connectivity index (χ2v) is 4.45. The van der Waals surface area contributed by atoms with Crippen molar-refractivity contribution in [3.8, 4) is 0 Å². The molecule has 0 radical (unpaired) electrons. The lowest BCUT2D eigenvalue weighted by molar-refractivity contribution is -0.384. The van der Waals surface area contributed by atoms with Crippen LogP contribution in [0.25, 0.3) is 0 Å². The molecule has 2 N–H and O–H groups in total. The highest BCUT2D eigenvalue weighted by atomic mass is 16.6. The van der Waals surface area contributed by atoms with E-state index in [9.17, 15) is 10.1 Å². The molecule has 0 saturated carbocycles. The number of nitrogens with two attached hydrogens (primary N) is 1. The molecule has 1 aromatic carbocycles. The fraction of sp³-hybridized carbons (Fsp3) is 0.500. The van der Waals surface area contributed by atoms with E-state index in [1.54, 1.807) is 6.07 Å². The summed E-state index contributed by atoms with van der Waals surface area (Å²) in [7, 11) is 1.97. The molecule has 18 heavy (non-hydrogen) atoms. The Hall–Kier alpha value is -1.82. The van der Waals surface area contributed by atoms with Crippen LogP contribution in [0.1, 0.15) is 12.8 Å². The van der Waals surface area contributed by atoms with Gasteiger partial charge in [-0.2, -0.15) is 0 Å². The third-order valence-corrected chi connectivity index (χ3v) is 3.34. The Balaban J connectivity index is 2.19. The van der Waals surface area contributed by atoms with Gasteiger partial charge < -0.3 is 15.4 Å². The first kappa shape index (κ1) is 12.6. The van der Waals surface area contributed by atoms with Crippen LogP contribution < -0.4 is 10.6 Å². The number of non-ortho nitro benzene ring substituents is 1. The minimum atomic E-state index is -0.436. The summed E-state index contributed by atoms with van der Waals surface area (Å²) in [6, 6.07) is 4.98. The smallest absolute Gasteiger partial charge is 0.271 e. The van der Waals surface area contributed by atoms with E-state index in [0.717, 1.165) is 31.7 Å². The zero-order valence-corrected chi connectivity index (χ0v) is 10.3. The predicted molar refractivity (Wildman–Crippen MR) is 69.8 cm³/mol. The van der Waals surface area contributed by atoms with E-state index in [2.05, 4.69) is 4.90 Å². The van der Waals surface area contributed by atoms with Gasteiger partial charge in [0.05, 0.1) is 16.3 Å². The predicted octanol–water partition coefficient (Wildman–Crippen LogP) is 1.79. The van der Waals surface area contributed by atoms with Gasteiger partial charge in [-0.1, -0.05) is 0 Å². The third-order valence-electron chi connectivity index (χ3n) is 3.34. The molecule has 2 rings (SSSR count). The Kier molecular flexibility index (Phi) is 3.66. The maximum atomic E-state index is 10.7. The van der Waals surface area contributed by atoms with Crippen molar-refractivity contribution >= 4 is 17.1 Å². The number of hydrogen-bond acceptors (Lipinski definition) is 5. The first-order valence-electron chi connectivity index (χ1n) is 5.94. The Morgan fingerprint density at radius 1 is 1.44 bits per heavy atom. The summed E-state index contributed by atoms with van der Waals surface area (Å²) in [5.74, 6) is 0. The highest BCUT2D eigenvalue weighted by molar-refractivity contribution is 5.70. The molecule has 1 fully saturated rings. The van der Waals surface area contributed by atoms with Gasteiger partial charge in [0.15, 0.2) is 0 Å². The lowest BCUT2D eigenvalue weighted by Crippen LogP contribution is -2.37. The van der Waals surface area contributed by atoms with Crippen LogP contribution in [0.2, 0.25) is 0 Å². The van der Waals surface area contributed by atoms with Gasteiger partial charge in [0.2, 0.25) is 0 Å². The van der Waals surface area contributed by atoms with E-state index in [4.69, 9.17) is 10.5 Å². The average Bonchev–Trinajstić information content (AvgIpc) is 2.38. The average molecular weight is 251 g/mol. The number of nitrogen functional groups attached to an aromatic ring is 1. The maximum Gasteiger partial charge on any atom is 0.271 e. The van der Waals surface area contributed by atoms with E-state index >= 15 is 0 Å². The van der Waals surface area contributed by atoms with Gasteiger partial charge in [-0.25, -0.2) is 0 Å². The largest absolute Gasteiger partial charge is 0.397 e. The standard InChI is InChI=1S/C12H17N3O3/c1-14(9-4-6-18-7-5-9)12-3-2-10(15(16)17)8-11(12)13/h2-3,8-9H,4-7,13H2,1H3. The maximum absolute atomic E-state index is 10.7. The van der Waals surface area contributed by atoms with Crippen molar-refractivity contribution in [3.63, 3.8) is 0 Å². The fourth-order valence-electron chi connectivity index (χ4n) is 2.25. The summed E-state index contributed by atoms with van der Waals surface area (Å²) in [4.78, 5) is 12.3. The normalized spacial score (nSPS) is 16.5. The van der Waals surface area contributed by atoms with Crippen molar-refractivity contribution in [1.82, 2.24) is 0 Å². The lowest BCUT2D eigenvalue weighted by Gasteiger charge is -2.33. The van der Waals surface area contributed by atoms with Gasteiger partial charge in [-0.3, -0.25) is 10.1 Å². The van der Waals surface area contributed by atoms with Crippen LogP contribution in [0.5, 0.6) is 0 Å². The molecule has 1 heterocycles. The van der Waals surface area contributed by atoms with E-state index in [1.165, 1.54) is 12.1 Å². The Morgan fingerprint density at radius 3 is 2.67 bits per heavy atom. The molecular formula is C12H17N3O3. The number of nitrogens with zero attached hydrogens (tertiary/aromatic N) is 2. The highest BCUT2D eigenvalue weighted by Crippen LogP contribution is 2.29. The lowest BCUT2D eigenvalue weighted by atomic mass is 10.1. The van der Waals surface area contributed by atoms with Crippen LogP contribution in [-0.4, -0.2) is 31.2 Å². The van der Waals surface area contributed by atoms with Crippen molar-refractivity contribution in [2.75, 3.05) is 30.9 Å². The van der Waals surface area contributed by atoms with E-state index in [0.29, 0.717) is 11.7 Å². The van der Waals surface area contributed by atoms with Crippen molar-refractivity contribution < 1.29 is 9.66 Å². The molecule has 0 bridgehead atoms. The van der Waals surface area contributed by atoms with E-state index < -0.39 is 4.92 Å². The van der Waals surface area contributed by atoms with Gasteiger partial charge in [0, 0.05) is 38.4 Å². The van der Waals surface area contributed by atoms with Gasteiger partial charge in [0.1, 0.15) is 0 Å². The summed E-state index contributed by atoms with van der Waals surface area (Å²) in [5.41, 5.74) is 7.20. The number of hydrogen-bond donors (Lipinski definition) is 1. The SMILES string of the molecule is CN(c1ccc([N+](=O)[O-])cc1N)C1CCOCC1. The van der Waals surface area contributed by atoms with Crippen LogP contribution in [0.3, 0.4) is 0 Å². The molecule has 0 aliphatic carbocycles. The molecule has 98 valence electrons. The molecule has 1 saturated heterocycles. The minimum absolute atomic E-state index is 0.0247. The molecule has 6 heteroatoms. The number of anilines is 2. The van der Waals surface area contributed by atoms with Crippen molar-refractivity contribution in [2.45, 2.75) is 18.9 Å². The van der Waals surface area contributed by atoms with Crippen molar-refractivity contribution in [2.24, 2.45) is 0 Å². The molecule has 1 aromatic rings. The quantitative estimate of drug-likeness (QED) is 0.503. The minimum Gasteiger partial charge on any atom is -0.397 e. The van der Waals surface area contributed by atoms with Gasteiger partial charge >= 0.3 is 0 Å². The molecule has 0 amide bonds. The zero-order valence-electron chi connectivity index (χ0n) is 10.3. The summed E-state index contributed by atoms with van der Waals surface area (Å²) >= 11 is 0. The highest BCUT2D eigenvalue weighted by Gasteiger charge is 2.21. The second kappa shape index (κ2) is 5.22. The Labute approximate surface area is 105 Å². The van der Waals surface area contributed by atoms with Crippen LogP contribution in [-0.2, 0) is 4.74 Å². The second-order valence-electron chi connectivity index (χ2n) is 4.45. The molecule has 1 aliphatic rings. The molecule has 1 aliphatic heterocycles. The third kappa shape index (κ3) is 2.53. The van der Waals surface area contributed by atoms with E-state index in [-0.39, 0.29) is 5.69 Å². The number of nitro benzene ring substituents is 1. The molecule has 0 unspecified atom stereocenters. The number of nitro groups is 1. The molecule has 6 nitrogen and oxygen atoms in total. The van der Waals surface area contributed by atoms with Crippen LogP contribution in [0.15, 0.2) is 18.2 Å². The van der Waals surface area contributed by atoms with Crippen LogP contribution in [0, 0.1) is 10.1 Å². The van der Waals surface area contributed by atoms with Gasteiger partial charge in [-0.15, -0.1) is 0 Å². The summed E-state index contributed by atoms with van der Waals surface area (Å²) in [6.07, 6.45) is 1.90. The van der Waals surface area contributed by atoms with Crippen molar-refractivity contribution in [1.29, 1.82) is 0 Å². The molecule has 0 spiro atoms. The summed E-state index contributed by atoms with van der Waals surface area (Å²) in [6.45, 7) is 1.50. The Bertz CT molecular complexity index is 444. The number of ether oxygens (including phenoxy) is 1. The van der Waals surface area contributed by atoms with Crippen molar-refractivity contribution in [3.05, 3.63) is 28.3 Å². The molecular weight excluding hydrogens is 234 g/mol. The molecule has 0 atom stereocenters. The summed E-state index contributed by atoms with van der Waals surface area (Å²) in [5, 5.41) is 10.7. The summed E-state index contributed by atoms with van der Waals surface area (Å²) < 4.78 is 5.32. The Morgan fingerprint density at radius 2 is 2.11 bits per heavy atom. The van der Waals surface area contributed by atoms with E-state index in [1.807, 2.05) is 7.05 Å². The first-order valence-corrected chi connectivity index (χ1v) is 5.94. The first-order chi connectivity index (χ1) is 8.59. The van der Waals surface area contributed by atoms with Crippen LogP contribution >= 0.6 is 0 Å². The number of benzene rings is 1. The zero-order chi connectivity index (χ0) is 13.1.